The predicted molar refractivity (Wildman–Crippen MR) is 93.5 cm³/mol. The van der Waals surface area contributed by atoms with Gasteiger partial charge in [0.1, 0.15) is 0 Å². The zero-order valence-corrected chi connectivity index (χ0v) is 14.5. The van der Waals surface area contributed by atoms with Gasteiger partial charge >= 0.3 is 0 Å². The van der Waals surface area contributed by atoms with Gasteiger partial charge in [-0.05, 0) is 12.5 Å². The van der Waals surface area contributed by atoms with Crippen molar-refractivity contribution in [2.75, 3.05) is 13.6 Å². The fourth-order valence-corrected chi connectivity index (χ4v) is 2.63. The van der Waals surface area contributed by atoms with Gasteiger partial charge in [0.15, 0.2) is 0 Å². The van der Waals surface area contributed by atoms with E-state index in [2.05, 4.69) is 13.5 Å². The van der Waals surface area contributed by atoms with Crippen LogP contribution in [-0.2, 0) is 4.79 Å². The maximum Gasteiger partial charge on any atom is 0.245 e. The first-order chi connectivity index (χ1) is 10.2. The molecule has 2 heteroatoms. The smallest absolute Gasteiger partial charge is 0.245 e. The molecule has 0 spiro atoms. The maximum atomic E-state index is 11.3. The van der Waals surface area contributed by atoms with Gasteiger partial charge in [-0.15, -0.1) is 0 Å². The van der Waals surface area contributed by atoms with Crippen molar-refractivity contribution >= 4 is 5.91 Å². The van der Waals surface area contributed by atoms with Crippen LogP contribution < -0.4 is 0 Å². The Bertz CT molecular complexity index is 250. The van der Waals surface area contributed by atoms with E-state index < -0.39 is 0 Å². The van der Waals surface area contributed by atoms with Crippen LogP contribution in [0.2, 0.25) is 0 Å². The Balaban J connectivity index is 3.12. The predicted octanol–water partition coefficient (Wildman–Crippen LogP) is 5.72. The lowest BCUT2D eigenvalue weighted by atomic mass is 10.0. The molecule has 0 aromatic carbocycles. The van der Waals surface area contributed by atoms with E-state index in [1.54, 1.807) is 4.90 Å². The van der Waals surface area contributed by atoms with E-state index in [-0.39, 0.29) is 5.91 Å². The Labute approximate surface area is 133 Å². The minimum atomic E-state index is 0.0361. The molecule has 0 saturated carbocycles. The molecule has 2 nitrogen and oxygen atoms in total. The standard InChI is InChI=1S/C19H37NO/c1-4-6-7-8-9-10-11-12-13-14-15-16-17-18-20(3)19(21)5-2/h5H,2,4,6-18H2,1,3H3. The van der Waals surface area contributed by atoms with Crippen LogP contribution in [0, 0.1) is 0 Å². The van der Waals surface area contributed by atoms with Crippen molar-refractivity contribution in [3.05, 3.63) is 12.7 Å². The fourth-order valence-electron chi connectivity index (χ4n) is 2.63. The molecule has 0 fully saturated rings. The van der Waals surface area contributed by atoms with Gasteiger partial charge in [-0.2, -0.15) is 0 Å². The second kappa shape index (κ2) is 15.6. The third-order valence-corrected chi connectivity index (χ3v) is 4.15. The highest BCUT2D eigenvalue weighted by molar-refractivity contribution is 5.86. The van der Waals surface area contributed by atoms with E-state index in [1.165, 1.54) is 83.1 Å². The van der Waals surface area contributed by atoms with Crippen molar-refractivity contribution in [2.24, 2.45) is 0 Å². The summed E-state index contributed by atoms with van der Waals surface area (Å²) in [7, 11) is 1.85. The summed E-state index contributed by atoms with van der Waals surface area (Å²) >= 11 is 0. The number of hydrogen-bond donors (Lipinski definition) is 0. The van der Waals surface area contributed by atoms with Gasteiger partial charge < -0.3 is 4.90 Å². The van der Waals surface area contributed by atoms with Gasteiger partial charge in [0.2, 0.25) is 5.91 Å². The Morgan fingerprint density at radius 2 is 1.19 bits per heavy atom. The Kier molecular flexibility index (Phi) is 15.0. The first-order valence-corrected chi connectivity index (χ1v) is 9.10. The number of rotatable bonds is 15. The summed E-state index contributed by atoms with van der Waals surface area (Å²) in [6.45, 7) is 6.64. The minimum Gasteiger partial charge on any atom is -0.342 e. The molecule has 0 aromatic heterocycles. The molecule has 0 aliphatic carbocycles. The van der Waals surface area contributed by atoms with Gasteiger partial charge in [-0.25, -0.2) is 0 Å². The maximum absolute atomic E-state index is 11.3. The highest BCUT2D eigenvalue weighted by atomic mass is 16.2. The van der Waals surface area contributed by atoms with E-state index in [1.807, 2.05) is 7.05 Å². The molecule has 0 rings (SSSR count). The lowest BCUT2D eigenvalue weighted by Gasteiger charge is -2.14. The molecule has 0 atom stereocenters. The van der Waals surface area contributed by atoms with Crippen molar-refractivity contribution in [3.63, 3.8) is 0 Å². The zero-order valence-electron chi connectivity index (χ0n) is 14.5. The second-order valence-electron chi connectivity index (χ2n) is 6.21. The van der Waals surface area contributed by atoms with Crippen molar-refractivity contribution < 1.29 is 4.79 Å². The summed E-state index contributed by atoms with van der Waals surface area (Å²) in [6, 6.07) is 0. The van der Waals surface area contributed by atoms with Gasteiger partial charge in [0.05, 0.1) is 0 Å². The molecular formula is C19H37NO. The third-order valence-electron chi connectivity index (χ3n) is 4.15. The first-order valence-electron chi connectivity index (χ1n) is 9.10. The number of unbranched alkanes of at least 4 members (excludes halogenated alkanes) is 12. The molecule has 0 bridgehead atoms. The van der Waals surface area contributed by atoms with Crippen LogP contribution in [0.15, 0.2) is 12.7 Å². The van der Waals surface area contributed by atoms with E-state index >= 15 is 0 Å². The van der Waals surface area contributed by atoms with E-state index in [0.717, 1.165) is 13.0 Å². The lowest BCUT2D eigenvalue weighted by molar-refractivity contribution is -0.124. The van der Waals surface area contributed by atoms with Crippen LogP contribution in [0.25, 0.3) is 0 Å². The fraction of sp³-hybridized carbons (Fsp3) is 0.842. The molecule has 0 aromatic rings. The number of carbonyl (C=O) groups is 1. The molecule has 0 heterocycles. The van der Waals surface area contributed by atoms with E-state index in [9.17, 15) is 4.79 Å². The SMILES string of the molecule is C=CC(=O)N(C)CCCCCCCCCCCCCCC. The van der Waals surface area contributed by atoms with Crippen LogP contribution in [0.3, 0.4) is 0 Å². The van der Waals surface area contributed by atoms with E-state index in [0.29, 0.717) is 0 Å². The Morgan fingerprint density at radius 1 is 0.810 bits per heavy atom. The minimum absolute atomic E-state index is 0.0361. The molecule has 0 N–H and O–H groups in total. The van der Waals surface area contributed by atoms with Crippen LogP contribution in [0.1, 0.15) is 90.4 Å². The quantitative estimate of drug-likeness (QED) is 0.279. The van der Waals surface area contributed by atoms with Crippen molar-refractivity contribution in [2.45, 2.75) is 90.4 Å². The first kappa shape index (κ1) is 20.2. The summed E-state index contributed by atoms with van der Waals surface area (Å²) in [6.07, 6.45) is 19.1. The summed E-state index contributed by atoms with van der Waals surface area (Å²) in [4.78, 5) is 13.0. The topological polar surface area (TPSA) is 20.3 Å². The van der Waals surface area contributed by atoms with E-state index in [4.69, 9.17) is 0 Å². The van der Waals surface area contributed by atoms with Gasteiger partial charge in [0.25, 0.3) is 0 Å². The molecular weight excluding hydrogens is 258 g/mol. The largest absolute Gasteiger partial charge is 0.342 e. The monoisotopic (exact) mass is 295 g/mol. The third kappa shape index (κ3) is 13.9. The summed E-state index contributed by atoms with van der Waals surface area (Å²) in [5, 5.41) is 0. The van der Waals surface area contributed by atoms with Crippen LogP contribution in [0.5, 0.6) is 0 Å². The molecule has 0 saturated heterocycles. The number of amides is 1. The van der Waals surface area contributed by atoms with Crippen LogP contribution in [-0.4, -0.2) is 24.4 Å². The second-order valence-corrected chi connectivity index (χ2v) is 6.21. The number of nitrogens with zero attached hydrogens (tertiary/aromatic N) is 1. The van der Waals surface area contributed by atoms with Gasteiger partial charge in [-0.3, -0.25) is 4.79 Å². The summed E-state index contributed by atoms with van der Waals surface area (Å²) in [5.74, 6) is 0.0361. The van der Waals surface area contributed by atoms with Crippen LogP contribution in [0.4, 0.5) is 0 Å². The average Bonchev–Trinajstić information content (AvgIpc) is 2.50. The summed E-state index contributed by atoms with van der Waals surface area (Å²) < 4.78 is 0. The number of carbonyl (C=O) groups excluding carboxylic acids is 1. The molecule has 0 radical (unpaired) electrons. The Hall–Kier alpha value is -0.790. The van der Waals surface area contributed by atoms with Crippen molar-refractivity contribution in [3.8, 4) is 0 Å². The van der Waals surface area contributed by atoms with Crippen LogP contribution >= 0.6 is 0 Å². The lowest BCUT2D eigenvalue weighted by Crippen LogP contribution is -2.25. The highest BCUT2D eigenvalue weighted by Crippen LogP contribution is 2.12. The van der Waals surface area contributed by atoms with Gasteiger partial charge in [-0.1, -0.05) is 90.6 Å². The zero-order chi connectivity index (χ0) is 15.8. The molecule has 1 amide bonds. The molecule has 21 heavy (non-hydrogen) atoms. The Morgan fingerprint density at radius 3 is 1.57 bits per heavy atom. The van der Waals surface area contributed by atoms with Crippen molar-refractivity contribution in [1.82, 2.24) is 4.90 Å². The summed E-state index contributed by atoms with van der Waals surface area (Å²) in [5.41, 5.74) is 0. The molecule has 0 aliphatic heterocycles. The average molecular weight is 296 g/mol. The van der Waals surface area contributed by atoms with Crippen molar-refractivity contribution in [1.29, 1.82) is 0 Å². The molecule has 0 unspecified atom stereocenters. The highest BCUT2D eigenvalue weighted by Gasteiger charge is 2.02. The number of likely N-dealkylation sites (N-methyl/N-ethyl adjacent to an activating group) is 1. The normalized spacial score (nSPS) is 10.6. The number of hydrogen-bond acceptors (Lipinski definition) is 1. The van der Waals surface area contributed by atoms with Gasteiger partial charge in [0, 0.05) is 13.6 Å². The molecule has 124 valence electrons. The molecule has 0 aliphatic rings.